The number of halogens is 2. The van der Waals surface area contributed by atoms with Crippen LogP contribution in [0.15, 0.2) is 15.0 Å². The molecule has 0 saturated heterocycles. The standard InChI is InChI=1S/C12H18Br2NO5P/c1-4-19-21(17,20-5-2)12(15)7-6-8(18-3)11(16)10(14)9(7)13/h6,12,16H,4-5,15H2,1-3H3/t12-/m0/s1. The molecule has 0 aliphatic carbocycles. The van der Waals surface area contributed by atoms with Crippen molar-refractivity contribution in [3.8, 4) is 11.5 Å². The van der Waals surface area contributed by atoms with E-state index in [0.717, 1.165) is 0 Å². The maximum atomic E-state index is 12.8. The number of nitrogens with two attached hydrogens (primary N) is 1. The molecule has 0 amide bonds. The second-order valence-electron chi connectivity index (χ2n) is 3.96. The van der Waals surface area contributed by atoms with E-state index in [2.05, 4.69) is 31.9 Å². The molecule has 0 radical (unpaired) electrons. The Labute approximate surface area is 140 Å². The summed E-state index contributed by atoms with van der Waals surface area (Å²) in [5, 5.41) is 9.92. The molecule has 0 saturated carbocycles. The van der Waals surface area contributed by atoms with Crippen LogP contribution in [0, 0.1) is 0 Å². The number of ether oxygens (including phenoxy) is 1. The maximum Gasteiger partial charge on any atom is 0.351 e. The zero-order valence-corrected chi connectivity index (χ0v) is 16.0. The van der Waals surface area contributed by atoms with Gasteiger partial charge in [0.25, 0.3) is 0 Å². The molecule has 1 atom stereocenters. The van der Waals surface area contributed by atoms with E-state index in [0.29, 0.717) is 14.5 Å². The minimum Gasteiger partial charge on any atom is -0.503 e. The fourth-order valence-electron chi connectivity index (χ4n) is 1.71. The molecular formula is C12H18Br2NO5P. The van der Waals surface area contributed by atoms with Crippen molar-refractivity contribution in [1.82, 2.24) is 0 Å². The number of phenols is 1. The Morgan fingerprint density at radius 2 is 1.81 bits per heavy atom. The summed E-state index contributed by atoms with van der Waals surface area (Å²) in [5.41, 5.74) is 6.53. The lowest BCUT2D eigenvalue weighted by Crippen LogP contribution is -2.16. The van der Waals surface area contributed by atoms with Crippen LogP contribution in [0.25, 0.3) is 0 Å². The number of methoxy groups -OCH3 is 1. The molecule has 0 bridgehead atoms. The van der Waals surface area contributed by atoms with Crippen molar-refractivity contribution in [1.29, 1.82) is 0 Å². The highest BCUT2D eigenvalue weighted by atomic mass is 79.9. The van der Waals surface area contributed by atoms with Gasteiger partial charge in [0.15, 0.2) is 11.5 Å². The first-order chi connectivity index (χ1) is 9.82. The van der Waals surface area contributed by atoms with Crippen LogP contribution in [0.2, 0.25) is 0 Å². The molecule has 0 heterocycles. The lowest BCUT2D eigenvalue weighted by atomic mass is 10.2. The number of aromatic hydroxyl groups is 1. The average Bonchev–Trinajstić information content (AvgIpc) is 2.45. The van der Waals surface area contributed by atoms with Gasteiger partial charge in [-0.3, -0.25) is 4.57 Å². The SMILES string of the molecule is CCOP(=O)(OCC)[C@H](N)c1cc(OC)c(O)c(Br)c1Br. The number of benzene rings is 1. The Morgan fingerprint density at radius 1 is 1.29 bits per heavy atom. The number of hydrogen-bond acceptors (Lipinski definition) is 6. The fourth-order valence-corrected chi connectivity index (χ4v) is 4.52. The summed E-state index contributed by atoms with van der Waals surface area (Å²) in [6.45, 7) is 3.83. The fraction of sp³-hybridized carbons (Fsp3) is 0.500. The van der Waals surface area contributed by atoms with Gasteiger partial charge in [0.05, 0.1) is 24.8 Å². The molecule has 0 fully saturated rings. The first kappa shape index (κ1) is 18.9. The highest BCUT2D eigenvalue weighted by Gasteiger charge is 2.36. The molecule has 1 aromatic carbocycles. The Bertz CT molecular complexity index is 545. The van der Waals surface area contributed by atoms with Crippen molar-refractivity contribution >= 4 is 39.5 Å². The first-order valence-electron chi connectivity index (χ1n) is 6.21. The highest BCUT2D eigenvalue weighted by Crippen LogP contribution is 2.60. The smallest absolute Gasteiger partial charge is 0.351 e. The van der Waals surface area contributed by atoms with Crippen LogP contribution in [0.3, 0.4) is 0 Å². The lowest BCUT2D eigenvalue weighted by molar-refractivity contribution is 0.212. The van der Waals surface area contributed by atoms with Crippen LogP contribution in [0.5, 0.6) is 11.5 Å². The molecule has 0 aliphatic heterocycles. The molecule has 0 aliphatic rings. The number of hydrogen-bond donors (Lipinski definition) is 2. The largest absolute Gasteiger partial charge is 0.503 e. The molecule has 3 N–H and O–H groups in total. The molecule has 21 heavy (non-hydrogen) atoms. The number of rotatable bonds is 7. The van der Waals surface area contributed by atoms with Gasteiger partial charge in [-0.2, -0.15) is 0 Å². The number of phenolic OH excluding ortho intramolecular Hbond substituents is 1. The second-order valence-corrected chi connectivity index (χ2v) is 7.70. The summed E-state index contributed by atoms with van der Waals surface area (Å²) in [6.07, 6.45) is 0. The third-order valence-electron chi connectivity index (χ3n) is 2.67. The highest BCUT2D eigenvalue weighted by molar-refractivity contribution is 9.13. The van der Waals surface area contributed by atoms with E-state index < -0.39 is 13.4 Å². The van der Waals surface area contributed by atoms with Crippen LogP contribution in [0.1, 0.15) is 25.2 Å². The molecular weight excluding hydrogens is 429 g/mol. The van der Waals surface area contributed by atoms with E-state index in [1.165, 1.54) is 13.2 Å². The van der Waals surface area contributed by atoms with Gasteiger partial charge in [-0.25, -0.2) is 0 Å². The maximum absolute atomic E-state index is 12.8. The topological polar surface area (TPSA) is 91.0 Å². The molecule has 0 aromatic heterocycles. The van der Waals surface area contributed by atoms with Crippen molar-refractivity contribution < 1.29 is 23.5 Å². The van der Waals surface area contributed by atoms with Crippen molar-refractivity contribution in [2.45, 2.75) is 19.6 Å². The molecule has 0 unspecified atom stereocenters. The van der Waals surface area contributed by atoms with E-state index >= 15 is 0 Å². The van der Waals surface area contributed by atoms with Crippen LogP contribution in [0.4, 0.5) is 0 Å². The summed E-state index contributed by atoms with van der Waals surface area (Å²) < 4.78 is 29.2. The first-order valence-corrected chi connectivity index (χ1v) is 9.41. The Morgan fingerprint density at radius 3 is 2.24 bits per heavy atom. The van der Waals surface area contributed by atoms with Gasteiger partial charge in [-0.15, -0.1) is 0 Å². The van der Waals surface area contributed by atoms with Crippen molar-refractivity contribution in [3.63, 3.8) is 0 Å². The zero-order chi connectivity index (χ0) is 16.2. The van der Waals surface area contributed by atoms with Crippen LogP contribution >= 0.6 is 39.5 Å². The van der Waals surface area contributed by atoms with Gasteiger partial charge in [0, 0.05) is 10.0 Å². The van der Waals surface area contributed by atoms with Gasteiger partial charge >= 0.3 is 7.60 Å². The quantitative estimate of drug-likeness (QED) is 0.611. The summed E-state index contributed by atoms with van der Waals surface area (Å²) in [5.74, 6) is -0.893. The molecule has 0 spiro atoms. The Hall–Kier alpha value is -0.110. The van der Waals surface area contributed by atoms with E-state index in [1.54, 1.807) is 13.8 Å². The van der Waals surface area contributed by atoms with E-state index in [-0.39, 0.29) is 24.7 Å². The van der Waals surface area contributed by atoms with Gasteiger partial charge in [0.1, 0.15) is 5.78 Å². The third-order valence-corrected chi connectivity index (χ3v) is 7.03. The van der Waals surface area contributed by atoms with Crippen molar-refractivity contribution in [2.75, 3.05) is 20.3 Å². The normalized spacial score (nSPS) is 13.2. The predicted molar refractivity (Wildman–Crippen MR) is 87.8 cm³/mol. The predicted octanol–water partition coefficient (Wildman–Crippen LogP) is 4.15. The Kier molecular flexibility index (Phi) is 7.16. The average molecular weight is 447 g/mol. The van der Waals surface area contributed by atoms with Crippen LogP contribution in [-0.4, -0.2) is 25.4 Å². The van der Waals surface area contributed by atoms with E-state index in [9.17, 15) is 9.67 Å². The molecule has 9 heteroatoms. The summed E-state index contributed by atoms with van der Waals surface area (Å²) in [7, 11) is -2.12. The minimum absolute atomic E-state index is 0.0806. The summed E-state index contributed by atoms with van der Waals surface area (Å²) in [6, 6.07) is 1.50. The second kappa shape index (κ2) is 7.94. The van der Waals surface area contributed by atoms with Crippen LogP contribution < -0.4 is 10.5 Å². The lowest BCUT2D eigenvalue weighted by Gasteiger charge is -2.25. The van der Waals surface area contributed by atoms with Gasteiger partial charge in [-0.1, -0.05) is 0 Å². The van der Waals surface area contributed by atoms with E-state index in [1.807, 2.05) is 0 Å². The van der Waals surface area contributed by atoms with Gasteiger partial charge < -0.3 is 24.6 Å². The van der Waals surface area contributed by atoms with Crippen LogP contribution in [-0.2, 0) is 13.6 Å². The minimum atomic E-state index is -3.53. The monoisotopic (exact) mass is 445 g/mol. The van der Waals surface area contributed by atoms with Crippen molar-refractivity contribution in [3.05, 3.63) is 20.6 Å². The van der Waals surface area contributed by atoms with Crippen molar-refractivity contribution in [2.24, 2.45) is 5.73 Å². The molecule has 120 valence electrons. The third kappa shape index (κ3) is 4.00. The summed E-state index contributed by atoms with van der Waals surface area (Å²) in [4.78, 5) is 0. The van der Waals surface area contributed by atoms with Gasteiger partial charge in [0.2, 0.25) is 0 Å². The Balaban J connectivity index is 3.37. The molecule has 1 aromatic rings. The molecule has 6 nitrogen and oxygen atoms in total. The van der Waals surface area contributed by atoms with E-state index in [4.69, 9.17) is 19.5 Å². The molecule has 1 rings (SSSR count). The zero-order valence-electron chi connectivity index (χ0n) is 11.9. The summed E-state index contributed by atoms with van der Waals surface area (Å²) >= 11 is 6.55. The van der Waals surface area contributed by atoms with Gasteiger partial charge in [-0.05, 0) is 51.8 Å².